The summed E-state index contributed by atoms with van der Waals surface area (Å²) < 4.78 is 0. The fourth-order valence-electron chi connectivity index (χ4n) is 9.79. The normalized spacial score (nSPS) is 23.0. The van der Waals surface area contributed by atoms with Crippen molar-refractivity contribution in [2.75, 3.05) is 0 Å². The van der Waals surface area contributed by atoms with Crippen LogP contribution in [0.5, 0.6) is 0 Å². The molecule has 0 heterocycles. The predicted molar refractivity (Wildman–Crippen MR) is 212 cm³/mol. The molecule has 0 spiro atoms. The van der Waals surface area contributed by atoms with Crippen LogP contribution >= 0.6 is 0 Å². The summed E-state index contributed by atoms with van der Waals surface area (Å²) in [5.74, 6) is 0. The molecule has 2 N–H and O–H groups in total. The molecule has 1 radical (unpaired) electrons. The van der Waals surface area contributed by atoms with Gasteiger partial charge in [-0.1, -0.05) is 181 Å². The Bertz CT molecular complexity index is 2140. The third kappa shape index (κ3) is 6.45. The predicted octanol–water partition coefficient (Wildman–Crippen LogP) is 9.45. The molecule has 0 aromatic heterocycles. The molecule has 4 aliphatic rings. The monoisotopic (exact) mass is 903 g/mol. The molecule has 0 aliphatic heterocycles. The van der Waals surface area contributed by atoms with Crippen molar-refractivity contribution in [1.82, 2.24) is 0 Å². The zero-order valence-corrected chi connectivity index (χ0v) is 34.8. The van der Waals surface area contributed by atoms with Crippen LogP contribution in [0.15, 0.2) is 169 Å². The summed E-state index contributed by atoms with van der Waals surface area (Å²) in [6, 6.07) is 55.6. The van der Waals surface area contributed by atoms with Crippen LogP contribution in [0, 0.1) is 44.1 Å². The maximum Gasteiger partial charge on any atom is 0.0718 e. The maximum absolute atomic E-state index is 11.3. The number of rotatable bonds is 6. The van der Waals surface area contributed by atoms with Crippen LogP contribution in [0.4, 0.5) is 0 Å². The van der Waals surface area contributed by atoms with Crippen molar-refractivity contribution in [1.29, 1.82) is 0 Å². The Morgan fingerprint density at radius 2 is 0.755 bits per heavy atom. The van der Waals surface area contributed by atoms with E-state index in [0.717, 1.165) is 38.5 Å². The minimum Gasteiger partial charge on any atom is -0.391 e. The molecule has 4 unspecified atom stereocenters. The van der Waals surface area contributed by atoms with Gasteiger partial charge in [0.15, 0.2) is 0 Å². The van der Waals surface area contributed by atoms with Gasteiger partial charge in [-0.25, -0.2) is 0 Å². The Labute approximate surface area is 349 Å². The summed E-state index contributed by atoms with van der Waals surface area (Å²) in [5, 5.41) is 22.6. The first-order chi connectivity index (χ1) is 25.5. The van der Waals surface area contributed by atoms with Gasteiger partial charge < -0.3 is 10.2 Å². The molecule has 10 rings (SSSR count). The number of hydrogen-bond donors (Lipinski definition) is 2. The Hall–Kier alpha value is -3.84. The third-order valence-corrected chi connectivity index (χ3v) is 12.3. The summed E-state index contributed by atoms with van der Waals surface area (Å²) >= 11 is 0. The van der Waals surface area contributed by atoms with E-state index in [-0.39, 0.29) is 67.1 Å². The number of aliphatic hydroxyl groups is 2. The summed E-state index contributed by atoms with van der Waals surface area (Å²) in [7, 11) is 0. The zero-order valence-electron chi connectivity index (χ0n) is 30.0. The molecule has 53 heavy (non-hydrogen) atoms. The molecule has 4 atom stereocenters. The first-order valence-corrected chi connectivity index (χ1v) is 18.7. The van der Waals surface area contributed by atoms with Crippen molar-refractivity contribution in [3.05, 3.63) is 225 Å². The minimum absolute atomic E-state index is 0. The minimum atomic E-state index is -0.388. The van der Waals surface area contributed by atoms with Crippen LogP contribution in [0.1, 0.15) is 55.6 Å². The molecular weight excluding hydrogens is 860 g/mol. The quantitative estimate of drug-likeness (QED) is 0.175. The van der Waals surface area contributed by atoms with Gasteiger partial charge in [-0.3, -0.25) is 0 Å². The second-order valence-electron chi connectivity index (χ2n) is 15.1. The van der Waals surface area contributed by atoms with Crippen LogP contribution in [0.2, 0.25) is 0 Å². The summed E-state index contributed by atoms with van der Waals surface area (Å²) in [5.41, 5.74) is 15.1. The Morgan fingerprint density at radius 1 is 0.415 bits per heavy atom. The van der Waals surface area contributed by atoms with Crippen molar-refractivity contribution in [3.8, 4) is 0 Å². The van der Waals surface area contributed by atoms with Crippen molar-refractivity contribution < 1.29 is 54.3 Å². The van der Waals surface area contributed by atoms with Crippen LogP contribution in [-0.4, -0.2) is 22.4 Å². The molecular formula is C50H44AcO2. The Kier molecular flexibility index (Phi) is 10.3. The fraction of sp³-hybridized carbons (Fsp3) is 0.200. The summed E-state index contributed by atoms with van der Waals surface area (Å²) in [4.78, 5) is 0. The van der Waals surface area contributed by atoms with Crippen molar-refractivity contribution in [2.24, 2.45) is 0 Å². The fourth-order valence-corrected chi connectivity index (χ4v) is 9.79. The van der Waals surface area contributed by atoms with Gasteiger partial charge in [0, 0.05) is 54.9 Å². The van der Waals surface area contributed by atoms with E-state index in [4.69, 9.17) is 0 Å². The Balaban J connectivity index is 0.000000148. The van der Waals surface area contributed by atoms with E-state index in [1.54, 1.807) is 0 Å². The van der Waals surface area contributed by atoms with Crippen molar-refractivity contribution in [3.63, 3.8) is 0 Å². The number of aliphatic hydroxyl groups excluding tert-OH is 2. The van der Waals surface area contributed by atoms with E-state index in [2.05, 4.69) is 170 Å². The van der Waals surface area contributed by atoms with Gasteiger partial charge in [-0.15, -0.1) is 0 Å². The second-order valence-corrected chi connectivity index (χ2v) is 15.1. The van der Waals surface area contributed by atoms with Crippen LogP contribution in [0.25, 0.3) is 12.2 Å². The van der Waals surface area contributed by atoms with Crippen LogP contribution in [-0.2, 0) is 49.4 Å². The first-order valence-electron chi connectivity index (χ1n) is 18.7. The summed E-state index contributed by atoms with van der Waals surface area (Å²) in [6.45, 7) is 0. The van der Waals surface area contributed by atoms with E-state index in [0.29, 0.717) is 0 Å². The van der Waals surface area contributed by atoms with E-state index in [1.807, 2.05) is 0 Å². The van der Waals surface area contributed by atoms with E-state index in [1.165, 1.54) is 66.8 Å². The number of fused-ring (bicyclic) bond motifs is 4. The van der Waals surface area contributed by atoms with E-state index < -0.39 is 0 Å². The molecule has 0 saturated heterocycles. The maximum atomic E-state index is 11.3. The number of benzene rings is 6. The molecule has 0 bridgehead atoms. The van der Waals surface area contributed by atoms with E-state index in [9.17, 15) is 10.2 Å². The second kappa shape index (κ2) is 15.1. The molecule has 3 heteroatoms. The summed E-state index contributed by atoms with van der Waals surface area (Å²) in [6.07, 6.45) is 8.86. The van der Waals surface area contributed by atoms with Gasteiger partial charge in [0.1, 0.15) is 0 Å². The molecule has 2 nitrogen and oxygen atoms in total. The van der Waals surface area contributed by atoms with Gasteiger partial charge >= 0.3 is 0 Å². The van der Waals surface area contributed by atoms with Gasteiger partial charge in [0.2, 0.25) is 0 Å². The topological polar surface area (TPSA) is 40.5 Å². The van der Waals surface area contributed by atoms with Crippen molar-refractivity contribution >= 4 is 12.2 Å². The van der Waals surface area contributed by atoms with Gasteiger partial charge in [-0.2, -0.15) is 0 Å². The SMILES string of the molecule is OC1Cc2ccccc2C1(Cc1ccccc1)C1=Cc2ccccc2C1.OC1Cc2ccccc2C1(Cc1ccccc1)C1=Cc2ccccc2C1.[Ac]. The Morgan fingerprint density at radius 3 is 1.15 bits per heavy atom. The molecule has 4 aliphatic carbocycles. The standard InChI is InChI=1S/2C25H22O.Ac/c2*26-24-16-21-12-6-7-13-23(21)25(24,17-18-8-2-1-3-9-18)22-14-19-10-4-5-11-20(19)15-22;/h2*1-14,24,26H,15-17H2;. The largest absolute Gasteiger partial charge is 0.391 e. The van der Waals surface area contributed by atoms with Gasteiger partial charge in [0.05, 0.1) is 12.2 Å². The zero-order chi connectivity index (χ0) is 35.1. The number of hydrogen-bond acceptors (Lipinski definition) is 2. The molecule has 6 aromatic rings. The molecule has 0 fully saturated rings. The smallest absolute Gasteiger partial charge is 0.0718 e. The first kappa shape index (κ1) is 36.2. The van der Waals surface area contributed by atoms with E-state index >= 15 is 0 Å². The van der Waals surface area contributed by atoms with Crippen LogP contribution < -0.4 is 0 Å². The van der Waals surface area contributed by atoms with Gasteiger partial charge in [0.25, 0.3) is 0 Å². The molecule has 259 valence electrons. The molecule has 0 saturated carbocycles. The third-order valence-electron chi connectivity index (χ3n) is 12.3. The average Bonchev–Trinajstić information content (AvgIpc) is 3.95. The molecule has 6 aromatic carbocycles. The van der Waals surface area contributed by atoms with Gasteiger partial charge in [-0.05, 0) is 94.2 Å². The van der Waals surface area contributed by atoms with Crippen LogP contribution in [0.3, 0.4) is 0 Å². The molecule has 0 amide bonds. The average molecular weight is 904 g/mol. The van der Waals surface area contributed by atoms with Crippen molar-refractivity contribution in [2.45, 2.75) is 61.6 Å².